The summed E-state index contributed by atoms with van der Waals surface area (Å²) >= 11 is 1.44. The fraction of sp³-hybridized carbons (Fsp3) is 0.125. The number of carbonyl (C=O) groups is 1. The smallest absolute Gasteiger partial charge is 0.261 e. The second-order valence-corrected chi connectivity index (χ2v) is 10.00. The van der Waals surface area contributed by atoms with Gasteiger partial charge < -0.3 is 14.8 Å². The van der Waals surface area contributed by atoms with Crippen LogP contribution >= 0.6 is 11.3 Å². The monoisotopic (exact) mass is 467 g/mol. The zero-order chi connectivity index (χ0) is 22.7. The molecule has 0 fully saturated rings. The zero-order valence-corrected chi connectivity index (χ0v) is 19.1. The number of sulfone groups is 1. The van der Waals surface area contributed by atoms with Crippen LogP contribution in [0.25, 0.3) is 10.1 Å². The van der Waals surface area contributed by atoms with Crippen LogP contribution in [0.15, 0.2) is 82.6 Å². The van der Waals surface area contributed by atoms with E-state index in [1.54, 1.807) is 24.3 Å². The molecule has 4 aromatic rings. The molecule has 1 N–H and O–H groups in total. The summed E-state index contributed by atoms with van der Waals surface area (Å²) < 4.78 is 37.7. The highest BCUT2D eigenvalue weighted by atomic mass is 32.2. The molecule has 0 unspecified atom stereocenters. The fourth-order valence-electron chi connectivity index (χ4n) is 3.27. The van der Waals surface area contributed by atoms with Gasteiger partial charge in [0, 0.05) is 17.3 Å². The minimum absolute atomic E-state index is 0.0326. The molecule has 0 saturated carbocycles. The Morgan fingerprint density at radius 2 is 1.69 bits per heavy atom. The molecular formula is C24H21NO5S2. The summed E-state index contributed by atoms with van der Waals surface area (Å²) in [5.74, 6) is 0.499. The maximum Gasteiger partial charge on any atom is 0.261 e. The van der Waals surface area contributed by atoms with E-state index in [-0.39, 0.29) is 28.0 Å². The first-order valence-electron chi connectivity index (χ1n) is 9.75. The summed E-state index contributed by atoms with van der Waals surface area (Å²) in [6.07, 6.45) is 0. The van der Waals surface area contributed by atoms with Crippen molar-refractivity contribution in [2.45, 2.75) is 16.3 Å². The number of rotatable bonds is 7. The number of amides is 1. The maximum atomic E-state index is 13.1. The number of carbonyl (C=O) groups excluding carboxylic acids is 1. The Bertz CT molecular complexity index is 1340. The number of ether oxygens (including phenoxy) is 2. The molecule has 6 nitrogen and oxygen atoms in total. The van der Waals surface area contributed by atoms with Gasteiger partial charge in [-0.3, -0.25) is 4.79 Å². The van der Waals surface area contributed by atoms with E-state index in [4.69, 9.17) is 9.47 Å². The Balaban J connectivity index is 1.50. The van der Waals surface area contributed by atoms with Crippen LogP contribution in [0.2, 0.25) is 0 Å². The molecule has 0 aliphatic heterocycles. The molecule has 0 aliphatic carbocycles. The van der Waals surface area contributed by atoms with Crippen LogP contribution < -0.4 is 14.8 Å². The molecule has 1 heterocycles. The second kappa shape index (κ2) is 9.02. The summed E-state index contributed by atoms with van der Waals surface area (Å²) in [4.78, 5) is 13.3. The third-order valence-electron chi connectivity index (χ3n) is 5.00. The molecule has 3 aromatic carbocycles. The lowest BCUT2D eigenvalue weighted by Crippen LogP contribution is -2.21. The molecule has 0 spiro atoms. The summed E-state index contributed by atoms with van der Waals surface area (Å²) in [5, 5.41) is 3.92. The van der Waals surface area contributed by atoms with Crippen molar-refractivity contribution in [3.8, 4) is 11.5 Å². The molecule has 1 amide bonds. The van der Waals surface area contributed by atoms with Crippen molar-refractivity contribution in [2.75, 3.05) is 14.2 Å². The first-order valence-corrected chi connectivity index (χ1v) is 12.0. The Morgan fingerprint density at radius 3 is 2.38 bits per heavy atom. The van der Waals surface area contributed by atoms with Gasteiger partial charge in [0.2, 0.25) is 9.84 Å². The minimum atomic E-state index is -3.81. The van der Waals surface area contributed by atoms with Crippen molar-refractivity contribution >= 4 is 37.2 Å². The highest BCUT2D eigenvalue weighted by Crippen LogP contribution is 2.32. The van der Waals surface area contributed by atoms with Gasteiger partial charge in [0.25, 0.3) is 5.91 Å². The fourth-order valence-corrected chi connectivity index (χ4v) is 5.69. The molecule has 32 heavy (non-hydrogen) atoms. The molecule has 8 heteroatoms. The van der Waals surface area contributed by atoms with E-state index in [0.717, 1.165) is 15.6 Å². The first-order chi connectivity index (χ1) is 15.4. The predicted octanol–water partition coefficient (Wildman–Crippen LogP) is 4.68. The molecule has 0 aliphatic rings. The van der Waals surface area contributed by atoms with Gasteiger partial charge in [-0.2, -0.15) is 0 Å². The van der Waals surface area contributed by atoms with Crippen molar-refractivity contribution in [2.24, 2.45) is 0 Å². The van der Waals surface area contributed by atoms with Crippen LogP contribution in [0.5, 0.6) is 11.5 Å². The van der Waals surface area contributed by atoms with E-state index >= 15 is 0 Å². The van der Waals surface area contributed by atoms with Crippen LogP contribution in [0.3, 0.4) is 0 Å². The van der Waals surface area contributed by atoms with E-state index in [9.17, 15) is 13.2 Å². The number of thiophene rings is 1. The number of methoxy groups -OCH3 is 2. The zero-order valence-electron chi connectivity index (χ0n) is 17.5. The summed E-state index contributed by atoms with van der Waals surface area (Å²) in [6, 6.07) is 20.8. The number of hydrogen-bond donors (Lipinski definition) is 1. The Kier molecular flexibility index (Phi) is 6.16. The quantitative estimate of drug-likeness (QED) is 0.427. The van der Waals surface area contributed by atoms with E-state index in [0.29, 0.717) is 10.6 Å². The molecule has 0 atom stereocenters. The average Bonchev–Trinajstić information content (AvgIpc) is 3.27. The molecule has 0 saturated heterocycles. The largest absolute Gasteiger partial charge is 0.497 e. The number of nitrogens with one attached hydrogen (secondary N) is 1. The van der Waals surface area contributed by atoms with Gasteiger partial charge in [0.1, 0.15) is 16.4 Å². The maximum absolute atomic E-state index is 13.1. The van der Waals surface area contributed by atoms with Crippen molar-refractivity contribution in [3.63, 3.8) is 0 Å². The highest BCUT2D eigenvalue weighted by molar-refractivity contribution is 7.91. The van der Waals surface area contributed by atoms with Crippen molar-refractivity contribution in [3.05, 3.63) is 83.2 Å². The molecule has 164 valence electrons. The van der Waals surface area contributed by atoms with Gasteiger partial charge in [-0.1, -0.05) is 30.3 Å². The van der Waals surface area contributed by atoms with Gasteiger partial charge >= 0.3 is 0 Å². The van der Waals surface area contributed by atoms with Crippen LogP contribution in [-0.4, -0.2) is 28.5 Å². The van der Waals surface area contributed by atoms with Crippen LogP contribution in [0.1, 0.15) is 15.2 Å². The number of benzene rings is 3. The highest BCUT2D eigenvalue weighted by Gasteiger charge is 2.23. The normalized spacial score (nSPS) is 11.3. The molecule has 0 radical (unpaired) electrons. The minimum Gasteiger partial charge on any atom is -0.497 e. The molecule has 0 bridgehead atoms. The Hall–Kier alpha value is -3.36. The Morgan fingerprint density at radius 1 is 0.938 bits per heavy atom. The van der Waals surface area contributed by atoms with E-state index in [2.05, 4.69) is 5.32 Å². The number of hydrogen-bond acceptors (Lipinski definition) is 6. The lowest BCUT2D eigenvalue weighted by Gasteiger charge is -2.12. The van der Waals surface area contributed by atoms with Gasteiger partial charge in [0.15, 0.2) is 0 Å². The van der Waals surface area contributed by atoms with E-state index in [1.807, 2.05) is 30.3 Å². The van der Waals surface area contributed by atoms with Gasteiger partial charge in [0.05, 0.1) is 24.0 Å². The van der Waals surface area contributed by atoms with Crippen molar-refractivity contribution in [1.29, 1.82) is 0 Å². The first kappa shape index (κ1) is 21.9. The second-order valence-electron chi connectivity index (χ2n) is 7.00. The van der Waals surface area contributed by atoms with Crippen molar-refractivity contribution < 1.29 is 22.7 Å². The third-order valence-corrected chi connectivity index (χ3v) is 7.90. The standard InChI is InChI=1S/C24H21NO5S2/c1-29-18-9-12-20(30-2)23(14-18)32(27,28)19-10-7-16(8-11-19)15-25-24(26)22-13-17-5-3-4-6-21(17)31-22/h3-14H,15H2,1-2H3,(H,25,26). The van der Waals surface area contributed by atoms with Gasteiger partial charge in [-0.05, 0) is 47.3 Å². The topological polar surface area (TPSA) is 81.7 Å². The Labute approximate surface area is 190 Å². The van der Waals surface area contributed by atoms with Gasteiger partial charge in [-0.15, -0.1) is 11.3 Å². The van der Waals surface area contributed by atoms with E-state index in [1.165, 1.54) is 43.8 Å². The van der Waals surface area contributed by atoms with Crippen LogP contribution in [0, 0.1) is 0 Å². The predicted molar refractivity (Wildman–Crippen MR) is 124 cm³/mol. The molecule has 4 rings (SSSR count). The van der Waals surface area contributed by atoms with Crippen LogP contribution in [-0.2, 0) is 16.4 Å². The lowest BCUT2D eigenvalue weighted by atomic mass is 10.2. The lowest BCUT2D eigenvalue weighted by molar-refractivity contribution is 0.0955. The summed E-state index contributed by atoms with van der Waals surface area (Å²) in [6.45, 7) is 0.288. The van der Waals surface area contributed by atoms with Crippen LogP contribution in [0.4, 0.5) is 0 Å². The summed E-state index contributed by atoms with van der Waals surface area (Å²) in [7, 11) is -0.919. The molecule has 1 aromatic heterocycles. The summed E-state index contributed by atoms with van der Waals surface area (Å²) in [5.41, 5.74) is 0.788. The number of fused-ring (bicyclic) bond motifs is 1. The van der Waals surface area contributed by atoms with Gasteiger partial charge in [-0.25, -0.2) is 8.42 Å². The molecular weight excluding hydrogens is 446 g/mol. The third kappa shape index (κ3) is 4.32. The van der Waals surface area contributed by atoms with E-state index < -0.39 is 9.84 Å². The average molecular weight is 468 g/mol. The van der Waals surface area contributed by atoms with Crippen molar-refractivity contribution in [1.82, 2.24) is 5.32 Å². The SMILES string of the molecule is COc1ccc(OC)c(S(=O)(=O)c2ccc(CNC(=O)c3cc4ccccc4s3)cc2)c1.